The van der Waals surface area contributed by atoms with Crippen LogP contribution in [-0.2, 0) is 6.42 Å². The Kier molecular flexibility index (Phi) is 5.38. The van der Waals surface area contributed by atoms with Crippen molar-refractivity contribution in [2.45, 2.75) is 18.9 Å². The van der Waals surface area contributed by atoms with Gasteiger partial charge in [-0.05, 0) is 59.7 Å². The average Bonchev–Trinajstić information content (AvgIpc) is 3.70. The van der Waals surface area contributed by atoms with Crippen molar-refractivity contribution >= 4 is 40.4 Å². The summed E-state index contributed by atoms with van der Waals surface area (Å²) in [6.07, 6.45) is 3.53. The van der Waals surface area contributed by atoms with Gasteiger partial charge in [-0.25, -0.2) is 9.79 Å². The van der Waals surface area contributed by atoms with Crippen molar-refractivity contribution in [3.63, 3.8) is 0 Å². The monoisotopic (exact) mass is 536 g/mol. The highest BCUT2D eigenvalue weighted by molar-refractivity contribution is 7.10. The van der Waals surface area contributed by atoms with Crippen LogP contribution < -0.4 is 14.9 Å². The third-order valence-electron chi connectivity index (χ3n) is 6.98. The number of allylic oxidation sites excluding steroid dienone is 1. The maximum Gasteiger partial charge on any atom is 0.335 e. The summed E-state index contributed by atoms with van der Waals surface area (Å²) >= 11 is 3.02. The van der Waals surface area contributed by atoms with Gasteiger partial charge in [0.05, 0.1) is 21.8 Å². The number of fused-ring (bicyclic) bond motifs is 3. The standard InChI is InChI=1S/C30H20N2O4S2/c33-28-25(16-20-11-13-23(36-20)18-6-3-7-19(15-18)29(34)35)38-30-31-26-21-8-2-1-5-17(21)10-12-22(26)27(32(28)30)24-9-4-14-37-24/h1-9,11,13-16,27H,10,12H2,(H,34,35)/b25-16-/t27-/m1/s1. The second-order valence-electron chi connectivity index (χ2n) is 9.22. The van der Waals surface area contributed by atoms with E-state index in [0.717, 1.165) is 29.0 Å². The van der Waals surface area contributed by atoms with Crippen LogP contribution in [0.2, 0.25) is 0 Å². The van der Waals surface area contributed by atoms with Crippen molar-refractivity contribution in [2.75, 3.05) is 0 Å². The number of carbonyl (C=O) groups is 1. The summed E-state index contributed by atoms with van der Waals surface area (Å²) in [6, 6.07) is 22.5. The Morgan fingerprint density at radius 2 is 1.95 bits per heavy atom. The molecule has 0 radical (unpaired) electrons. The molecule has 8 heteroatoms. The van der Waals surface area contributed by atoms with E-state index in [1.807, 2.05) is 22.1 Å². The zero-order valence-corrected chi connectivity index (χ0v) is 21.6. The van der Waals surface area contributed by atoms with Crippen LogP contribution in [0.15, 0.2) is 98.0 Å². The van der Waals surface area contributed by atoms with Crippen LogP contribution in [0.5, 0.6) is 0 Å². The summed E-state index contributed by atoms with van der Waals surface area (Å²) in [5, 5.41) is 11.4. The van der Waals surface area contributed by atoms with E-state index in [4.69, 9.17) is 9.41 Å². The van der Waals surface area contributed by atoms with Crippen molar-refractivity contribution in [2.24, 2.45) is 4.99 Å². The largest absolute Gasteiger partial charge is 0.478 e. The van der Waals surface area contributed by atoms with Crippen LogP contribution in [0.4, 0.5) is 0 Å². The first-order valence-corrected chi connectivity index (χ1v) is 13.9. The van der Waals surface area contributed by atoms with Crippen LogP contribution in [0, 0.1) is 0 Å². The summed E-state index contributed by atoms with van der Waals surface area (Å²) in [7, 11) is 0. The minimum atomic E-state index is -0.995. The number of carboxylic acids is 1. The molecule has 5 aromatic rings. The fourth-order valence-electron chi connectivity index (χ4n) is 5.24. The van der Waals surface area contributed by atoms with Gasteiger partial charge in [0.2, 0.25) is 0 Å². The van der Waals surface area contributed by atoms with E-state index < -0.39 is 5.97 Å². The predicted molar refractivity (Wildman–Crippen MR) is 148 cm³/mol. The summed E-state index contributed by atoms with van der Waals surface area (Å²) in [5.41, 5.74) is 5.35. The highest BCUT2D eigenvalue weighted by Crippen LogP contribution is 2.42. The van der Waals surface area contributed by atoms with Gasteiger partial charge < -0.3 is 9.52 Å². The Bertz CT molecular complexity index is 1940. The average molecular weight is 537 g/mol. The maximum atomic E-state index is 13.8. The number of aryl methyl sites for hydroxylation is 1. The molecule has 4 heterocycles. The number of aromatic carboxylic acids is 1. The van der Waals surface area contributed by atoms with Gasteiger partial charge in [-0.2, -0.15) is 0 Å². The van der Waals surface area contributed by atoms with E-state index in [1.165, 1.54) is 22.5 Å². The molecule has 7 rings (SSSR count). The number of carboxylic acid groups (broad SMARTS) is 1. The molecule has 2 aliphatic rings. The number of thiophene rings is 1. The highest BCUT2D eigenvalue weighted by atomic mass is 32.1. The molecular formula is C30H20N2O4S2. The molecule has 0 bridgehead atoms. The van der Waals surface area contributed by atoms with Crippen LogP contribution >= 0.6 is 22.7 Å². The van der Waals surface area contributed by atoms with Crippen molar-refractivity contribution in [1.29, 1.82) is 0 Å². The van der Waals surface area contributed by atoms with E-state index in [0.29, 0.717) is 26.4 Å². The van der Waals surface area contributed by atoms with Gasteiger partial charge in [0.15, 0.2) is 4.80 Å². The normalized spacial score (nSPS) is 16.5. The van der Waals surface area contributed by atoms with Gasteiger partial charge in [0.25, 0.3) is 5.56 Å². The van der Waals surface area contributed by atoms with Crippen LogP contribution in [0.3, 0.4) is 0 Å². The smallest absolute Gasteiger partial charge is 0.335 e. The van der Waals surface area contributed by atoms with Crippen molar-refractivity contribution in [3.8, 4) is 11.3 Å². The molecule has 186 valence electrons. The van der Waals surface area contributed by atoms with E-state index in [-0.39, 0.29) is 17.2 Å². The Morgan fingerprint density at radius 1 is 1.05 bits per heavy atom. The van der Waals surface area contributed by atoms with Gasteiger partial charge in [-0.1, -0.05) is 53.8 Å². The molecule has 2 aromatic carbocycles. The van der Waals surface area contributed by atoms with Gasteiger partial charge in [0.1, 0.15) is 11.5 Å². The molecule has 3 aromatic heterocycles. The fourth-order valence-corrected chi connectivity index (χ4v) is 7.07. The quantitative estimate of drug-likeness (QED) is 0.336. The van der Waals surface area contributed by atoms with E-state index >= 15 is 0 Å². The second-order valence-corrected chi connectivity index (χ2v) is 11.2. The third kappa shape index (κ3) is 3.72. The van der Waals surface area contributed by atoms with Gasteiger partial charge >= 0.3 is 5.97 Å². The van der Waals surface area contributed by atoms with Crippen LogP contribution in [0.25, 0.3) is 23.1 Å². The molecule has 0 unspecified atom stereocenters. The molecular weight excluding hydrogens is 516 g/mol. The number of hydrogen-bond donors (Lipinski definition) is 1. The summed E-state index contributed by atoms with van der Waals surface area (Å²) in [5.74, 6) is 0.0637. The number of nitrogens with zero attached hydrogens (tertiary/aromatic N) is 2. The molecule has 1 aliphatic heterocycles. The molecule has 1 aliphatic carbocycles. The van der Waals surface area contributed by atoms with Gasteiger partial charge in [-0.15, -0.1) is 11.3 Å². The molecule has 0 amide bonds. The molecule has 1 N–H and O–H groups in total. The third-order valence-corrected chi connectivity index (χ3v) is 8.89. The lowest BCUT2D eigenvalue weighted by atomic mass is 9.85. The van der Waals surface area contributed by atoms with Crippen molar-refractivity contribution < 1.29 is 14.3 Å². The zero-order chi connectivity index (χ0) is 25.8. The molecule has 0 saturated carbocycles. The van der Waals surface area contributed by atoms with Crippen LogP contribution in [0.1, 0.15) is 44.6 Å². The van der Waals surface area contributed by atoms with E-state index in [9.17, 15) is 14.7 Å². The van der Waals surface area contributed by atoms with Gasteiger partial charge in [-0.3, -0.25) is 9.36 Å². The lowest BCUT2D eigenvalue weighted by molar-refractivity contribution is 0.0697. The molecule has 0 fully saturated rings. The van der Waals surface area contributed by atoms with Crippen LogP contribution in [-0.4, -0.2) is 15.6 Å². The predicted octanol–water partition coefficient (Wildman–Crippen LogP) is 5.34. The Hall–Kier alpha value is -4.27. The number of furan rings is 1. The minimum Gasteiger partial charge on any atom is -0.478 e. The highest BCUT2D eigenvalue weighted by Gasteiger charge is 2.33. The SMILES string of the molecule is O=C(O)c1cccc(-c2ccc(/C=c3\sc4n(c3=O)[C@@H](c3cccs3)C3=C(N=4)c4ccccc4CC3)o2)c1. The Morgan fingerprint density at radius 3 is 2.79 bits per heavy atom. The minimum absolute atomic E-state index is 0.0941. The molecule has 1 atom stereocenters. The summed E-state index contributed by atoms with van der Waals surface area (Å²) < 4.78 is 8.38. The maximum absolute atomic E-state index is 13.8. The number of thiazole rings is 1. The lowest BCUT2D eigenvalue weighted by Crippen LogP contribution is -2.38. The zero-order valence-electron chi connectivity index (χ0n) is 20.0. The van der Waals surface area contributed by atoms with Gasteiger partial charge in [0, 0.05) is 22.1 Å². The number of rotatable bonds is 4. The molecule has 0 spiro atoms. The van der Waals surface area contributed by atoms with Crippen molar-refractivity contribution in [3.05, 3.63) is 131 Å². The number of hydrogen-bond acceptors (Lipinski definition) is 6. The topological polar surface area (TPSA) is 84.8 Å². The molecule has 6 nitrogen and oxygen atoms in total. The Labute approximate surface area is 224 Å². The first kappa shape index (κ1) is 22.9. The Balaban J connectivity index is 1.36. The molecule has 38 heavy (non-hydrogen) atoms. The fraction of sp³-hybridized carbons (Fsp3) is 0.100. The first-order chi connectivity index (χ1) is 18.6. The summed E-state index contributed by atoms with van der Waals surface area (Å²) in [6.45, 7) is 0. The number of aromatic nitrogens is 1. The number of benzene rings is 2. The van der Waals surface area contributed by atoms with Crippen molar-refractivity contribution in [1.82, 2.24) is 4.57 Å². The first-order valence-electron chi connectivity index (χ1n) is 12.2. The van der Waals surface area contributed by atoms with E-state index in [1.54, 1.807) is 53.8 Å². The van der Waals surface area contributed by atoms with E-state index in [2.05, 4.69) is 24.3 Å². The summed E-state index contributed by atoms with van der Waals surface area (Å²) in [4.78, 5) is 32.0. The lowest BCUT2D eigenvalue weighted by Gasteiger charge is -2.30. The molecule has 0 saturated heterocycles. The second kappa shape index (κ2) is 8.93.